The van der Waals surface area contributed by atoms with Gasteiger partial charge in [-0.15, -0.1) is 0 Å². The molecule has 0 amide bonds. The van der Waals surface area contributed by atoms with Crippen molar-refractivity contribution >= 4 is 0 Å². The van der Waals surface area contributed by atoms with E-state index in [9.17, 15) is 10.2 Å². The van der Waals surface area contributed by atoms with Gasteiger partial charge in [-0.1, -0.05) is 12.1 Å². The average Bonchev–Trinajstić information content (AvgIpc) is 2.54. The van der Waals surface area contributed by atoms with E-state index in [0.717, 1.165) is 5.56 Å². The van der Waals surface area contributed by atoms with E-state index in [2.05, 4.69) is 0 Å². The molecule has 1 fully saturated rings. The SMILES string of the molecule is Oc1cccc(C2(O)CCOC2)c1. The van der Waals surface area contributed by atoms with Crippen molar-refractivity contribution in [3.05, 3.63) is 29.8 Å². The van der Waals surface area contributed by atoms with Gasteiger partial charge in [0.25, 0.3) is 0 Å². The smallest absolute Gasteiger partial charge is 0.115 e. The van der Waals surface area contributed by atoms with Crippen molar-refractivity contribution in [2.45, 2.75) is 12.0 Å². The van der Waals surface area contributed by atoms with E-state index in [0.29, 0.717) is 19.6 Å². The minimum atomic E-state index is -0.904. The largest absolute Gasteiger partial charge is 0.508 e. The van der Waals surface area contributed by atoms with E-state index < -0.39 is 5.60 Å². The van der Waals surface area contributed by atoms with Crippen LogP contribution in [0.2, 0.25) is 0 Å². The molecule has 13 heavy (non-hydrogen) atoms. The predicted octanol–water partition coefficient (Wildman–Crippen LogP) is 1.00. The Bertz CT molecular complexity index is 303. The van der Waals surface area contributed by atoms with Crippen LogP contribution in [0, 0.1) is 0 Å². The Labute approximate surface area is 76.6 Å². The number of aliphatic hydroxyl groups is 1. The zero-order chi connectivity index (χ0) is 9.31. The number of hydrogen-bond donors (Lipinski definition) is 2. The minimum absolute atomic E-state index is 0.179. The lowest BCUT2D eigenvalue weighted by atomic mass is 9.93. The van der Waals surface area contributed by atoms with E-state index in [-0.39, 0.29) is 5.75 Å². The molecule has 1 aromatic rings. The molecular weight excluding hydrogens is 168 g/mol. The van der Waals surface area contributed by atoms with Crippen molar-refractivity contribution < 1.29 is 14.9 Å². The first-order valence-electron chi connectivity index (χ1n) is 4.30. The Balaban J connectivity index is 2.33. The molecule has 3 nitrogen and oxygen atoms in total. The summed E-state index contributed by atoms with van der Waals surface area (Å²) in [4.78, 5) is 0. The molecule has 1 aromatic carbocycles. The van der Waals surface area contributed by atoms with Crippen LogP contribution in [0.4, 0.5) is 0 Å². The molecule has 1 aliphatic heterocycles. The summed E-state index contributed by atoms with van der Waals surface area (Å²) in [5, 5.41) is 19.3. The molecule has 2 rings (SSSR count). The highest BCUT2D eigenvalue weighted by molar-refractivity contribution is 5.31. The highest BCUT2D eigenvalue weighted by Crippen LogP contribution is 2.31. The number of rotatable bonds is 1. The molecule has 3 heteroatoms. The van der Waals surface area contributed by atoms with Crippen LogP contribution >= 0.6 is 0 Å². The highest BCUT2D eigenvalue weighted by atomic mass is 16.5. The molecule has 0 radical (unpaired) electrons. The van der Waals surface area contributed by atoms with Gasteiger partial charge in [0.1, 0.15) is 11.4 Å². The lowest BCUT2D eigenvalue weighted by Crippen LogP contribution is -2.25. The molecule has 1 heterocycles. The fourth-order valence-corrected chi connectivity index (χ4v) is 1.58. The fraction of sp³-hybridized carbons (Fsp3) is 0.400. The molecule has 0 aliphatic carbocycles. The topological polar surface area (TPSA) is 49.7 Å². The Morgan fingerprint density at radius 3 is 2.85 bits per heavy atom. The van der Waals surface area contributed by atoms with Crippen LogP contribution in [-0.2, 0) is 10.3 Å². The Kier molecular flexibility index (Phi) is 1.98. The monoisotopic (exact) mass is 180 g/mol. The maximum absolute atomic E-state index is 10.1. The molecule has 1 aliphatic rings. The zero-order valence-corrected chi connectivity index (χ0v) is 7.23. The summed E-state index contributed by atoms with van der Waals surface area (Å²) in [7, 11) is 0. The first-order chi connectivity index (χ1) is 6.21. The van der Waals surface area contributed by atoms with Gasteiger partial charge in [0, 0.05) is 13.0 Å². The zero-order valence-electron chi connectivity index (χ0n) is 7.23. The molecular formula is C10H12O3. The molecule has 0 aromatic heterocycles. The Hall–Kier alpha value is -1.06. The lowest BCUT2D eigenvalue weighted by molar-refractivity contribution is 0.0230. The summed E-state index contributed by atoms with van der Waals surface area (Å²) >= 11 is 0. The predicted molar refractivity (Wildman–Crippen MR) is 47.4 cm³/mol. The fourth-order valence-electron chi connectivity index (χ4n) is 1.58. The quantitative estimate of drug-likeness (QED) is 0.677. The molecule has 1 saturated heterocycles. The van der Waals surface area contributed by atoms with E-state index in [4.69, 9.17) is 4.74 Å². The van der Waals surface area contributed by atoms with Gasteiger partial charge in [0.2, 0.25) is 0 Å². The second-order valence-electron chi connectivity index (χ2n) is 3.38. The van der Waals surface area contributed by atoms with Crippen molar-refractivity contribution in [3.8, 4) is 5.75 Å². The second-order valence-corrected chi connectivity index (χ2v) is 3.38. The Morgan fingerprint density at radius 2 is 2.23 bits per heavy atom. The van der Waals surface area contributed by atoms with Crippen LogP contribution in [0.5, 0.6) is 5.75 Å². The van der Waals surface area contributed by atoms with Crippen molar-refractivity contribution in [2.75, 3.05) is 13.2 Å². The molecule has 0 saturated carbocycles. The van der Waals surface area contributed by atoms with Crippen molar-refractivity contribution in [1.82, 2.24) is 0 Å². The van der Waals surface area contributed by atoms with Gasteiger partial charge in [0.15, 0.2) is 0 Å². The normalized spacial score (nSPS) is 27.8. The molecule has 1 unspecified atom stereocenters. The van der Waals surface area contributed by atoms with Gasteiger partial charge >= 0.3 is 0 Å². The van der Waals surface area contributed by atoms with Crippen LogP contribution in [0.1, 0.15) is 12.0 Å². The standard InChI is InChI=1S/C10H12O3/c11-9-3-1-2-8(6-9)10(12)4-5-13-7-10/h1-3,6,11-12H,4-5,7H2. The maximum Gasteiger partial charge on any atom is 0.115 e. The summed E-state index contributed by atoms with van der Waals surface area (Å²) in [5.74, 6) is 0.179. The number of aromatic hydroxyl groups is 1. The summed E-state index contributed by atoms with van der Waals surface area (Å²) in [6, 6.07) is 6.69. The van der Waals surface area contributed by atoms with Gasteiger partial charge in [0.05, 0.1) is 6.61 Å². The van der Waals surface area contributed by atoms with Crippen LogP contribution < -0.4 is 0 Å². The number of phenols is 1. The van der Waals surface area contributed by atoms with Gasteiger partial charge in [-0.3, -0.25) is 0 Å². The third kappa shape index (κ3) is 1.53. The summed E-state index contributed by atoms with van der Waals surface area (Å²) in [6.45, 7) is 0.891. The molecule has 2 N–H and O–H groups in total. The average molecular weight is 180 g/mol. The van der Waals surface area contributed by atoms with Crippen LogP contribution in [0.15, 0.2) is 24.3 Å². The number of hydrogen-bond acceptors (Lipinski definition) is 3. The summed E-state index contributed by atoms with van der Waals surface area (Å²) in [6.07, 6.45) is 0.594. The number of benzene rings is 1. The van der Waals surface area contributed by atoms with Crippen molar-refractivity contribution in [1.29, 1.82) is 0 Å². The van der Waals surface area contributed by atoms with Crippen LogP contribution in [0.3, 0.4) is 0 Å². The molecule has 0 spiro atoms. The van der Waals surface area contributed by atoms with Crippen molar-refractivity contribution in [2.24, 2.45) is 0 Å². The first-order valence-corrected chi connectivity index (χ1v) is 4.30. The van der Waals surface area contributed by atoms with Gasteiger partial charge in [-0.25, -0.2) is 0 Å². The van der Waals surface area contributed by atoms with Crippen LogP contribution in [0.25, 0.3) is 0 Å². The lowest BCUT2D eigenvalue weighted by Gasteiger charge is -2.20. The van der Waals surface area contributed by atoms with Crippen LogP contribution in [-0.4, -0.2) is 23.4 Å². The third-order valence-electron chi connectivity index (χ3n) is 2.38. The first kappa shape index (κ1) is 8.53. The molecule has 0 bridgehead atoms. The van der Waals surface area contributed by atoms with E-state index >= 15 is 0 Å². The maximum atomic E-state index is 10.1. The van der Waals surface area contributed by atoms with Gasteiger partial charge < -0.3 is 14.9 Å². The summed E-state index contributed by atoms with van der Waals surface area (Å²) in [5.41, 5.74) is -0.177. The third-order valence-corrected chi connectivity index (χ3v) is 2.38. The second kappa shape index (κ2) is 3.01. The minimum Gasteiger partial charge on any atom is -0.508 e. The molecule has 70 valence electrons. The number of ether oxygens (including phenoxy) is 1. The van der Waals surface area contributed by atoms with E-state index in [1.54, 1.807) is 24.3 Å². The van der Waals surface area contributed by atoms with E-state index in [1.165, 1.54) is 0 Å². The summed E-state index contributed by atoms with van der Waals surface area (Å²) < 4.78 is 5.12. The van der Waals surface area contributed by atoms with Crippen molar-refractivity contribution in [3.63, 3.8) is 0 Å². The molecule has 1 atom stereocenters. The Morgan fingerprint density at radius 1 is 1.38 bits per heavy atom. The van der Waals surface area contributed by atoms with Gasteiger partial charge in [-0.05, 0) is 17.7 Å². The van der Waals surface area contributed by atoms with E-state index in [1.807, 2.05) is 0 Å². The van der Waals surface area contributed by atoms with Gasteiger partial charge in [-0.2, -0.15) is 0 Å². The number of phenolic OH excluding ortho intramolecular Hbond substituents is 1. The highest BCUT2D eigenvalue weighted by Gasteiger charge is 2.34.